The minimum atomic E-state index is -2.61. The van der Waals surface area contributed by atoms with Gasteiger partial charge in [-0.1, -0.05) is 18.2 Å². The van der Waals surface area contributed by atoms with Crippen molar-refractivity contribution in [3.8, 4) is 0 Å². The minimum Gasteiger partial charge on any atom is -0.399 e. The number of hydrogen-bond donors (Lipinski definition) is 5. The van der Waals surface area contributed by atoms with Crippen LogP contribution in [0, 0.1) is 0 Å². The van der Waals surface area contributed by atoms with Crippen molar-refractivity contribution in [2.45, 2.75) is 0 Å². The molecule has 0 amide bonds. The summed E-state index contributed by atoms with van der Waals surface area (Å²) >= 11 is 1.48. The highest BCUT2D eigenvalue weighted by atomic mass is 32.2. The minimum absolute atomic E-state index is 0.000000000000000222. The molecule has 3 aliphatic heterocycles. The zero-order chi connectivity index (χ0) is 17.7. The Bertz CT molecular complexity index is 413. The lowest BCUT2D eigenvalue weighted by Gasteiger charge is -2.41. The molecule has 1 aromatic rings. The Hall–Kier alpha value is -1.30. The van der Waals surface area contributed by atoms with Gasteiger partial charge in [0.05, 0.1) is 0 Å². The fourth-order valence-corrected chi connectivity index (χ4v) is 1.97. The molecule has 3 aliphatic rings. The molecule has 1 aromatic carbocycles. The maximum atomic E-state index is 8.67. The van der Waals surface area contributed by atoms with Crippen molar-refractivity contribution in [2.75, 3.05) is 45.0 Å². The molecule has 0 saturated carbocycles. The van der Waals surface area contributed by atoms with Gasteiger partial charge in [-0.05, 0) is 24.4 Å². The van der Waals surface area contributed by atoms with Crippen LogP contribution in [0.4, 0.5) is 5.69 Å². The fourth-order valence-electron chi connectivity index (χ4n) is 1.97. The van der Waals surface area contributed by atoms with Crippen LogP contribution in [0.3, 0.4) is 0 Å². The molecule has 0 aromatic heterocycles. The first-order valence-corrected chi connectivity index (χ1v) is 8.38. The molecule has 0 unspecified atom stereocenters. The Morgan fingerprint density at radius 1 is 0.957 bits per heavy atom. The first kappa shape index (κ1) is 21.7. The van der Waals surface area contributed by atoms with E-state index >= 15 is 0 Å². The van der Waals surface area contributed by atoms with Gasteiger partial charge in [0.1, 0.15) is 0 Å². The number of nitrogen functional groups attached to an aromatic ring is 1. The van der Waals surface area contributed by atoms with E-state index in [1.807, 2.05) is 30.3 Å². The van der Waals surface area contributed by atoms with Crippen molar-refractivity contribution >= 4 is 34.4 Å². The van der Waals surface area contributed by atoms with Gasteiger partial charge in [-0.15, -0.1) is 0 Å². The number of para-hydroxylation sites is 1. The number of anilines is 1. The van der Waals surface area contributed by atoms with Gasteiger partial charge >= 0.3 is 0 Å². The summed E-state index contributed by atoms with van der Waals surface area (Å²) < 4.78 is 22.8. The second-order valence-electron chi connectivity index (χ2n) is 4.73. The van der Waals surface area contributed by atoms with Crippen molar-refractivity contribution in [1.82, 2.24) is 9.80 Å². The Morgan fingerprint density at radius 2 is 1.22 bits per heavy atom. The number of nitrogens with two attached hydrogens (primary N) is 3. The summed E-state index contributed by atoms with van der Waals surface area (Å²) in [6.45, 7) is 7.92. The summed E-state index contributed by atoms with van der Waals surface area (Å²) in [5.74, 6) is 0. The van der Waals surface area contributed by atoms with Crippen LogP contribution in [0.15, 0.2) is 30.3 Å². The molecule has 2 bridgehead atoms. The van der Waals surface area contributed by atoms with Crippen molar-refractivity contribution in [2.24, 2.45) is 11.5 Å². The average molecular weight is 364 g/mol. The van der Waals surface area contributed by atoms with Gasteiger partial charge in [-0.25, -0.2) is 0 Å². The van der Waals surface area contributed by atoms with Crippen LogP contribution in [0.1, 0.15) is 0 Å². The van der Waals surface area contributed by atoms with Gasteiger partial charge in [0.15, 0.2) is 5.11 Å². The smallest absolute Gasteiger partial charge is 0.299 e. The number of fused-ring (bicyclic) bond motifs is 3. The lowest BCUT2D eigenvalue weighted by Crippen LogP contribution is -2.55. The molecule has 10 heteroatoms. The number of piperazine rings is 3. The molecule has 3 fully saturated rings. The highest BCUT2D eigenvalue weighted by Gasteiger charge is 2.21. The average Bonchev–Trinajstić information content (AvgIpc) is 2.49. The summed E-state index contributed by atoms with van der Waals surface area (Å²) in [5.41, 5.74) is 15.4. The van der Waals surface area contributed by atoms with E-state index in [0.717, 1.165) is 5.69 Å². The van der Waals surface area contributed by atoms with E-state index < -0.39 is 11.4 Å². The van der Waals surface area contributed by atoms with Gasteiger partial charge < -0.3 is 17.2 Å². The molecule has 3 heterocycles. The quantitative estimate of drug-likeness (QED) is 0.240. The van der Waals surface area contributed by atoms with E-state index in [1.165, 1.54) is 39.3 Å². The van der Waals surface area contributed by atoms with Crippen LogP contribution in [-0.4, -0.2) is 67.5 Å². The normalized spacial score (nSPS) is 20.8. The van der Waals surface area contributed by atoms with Crippen LogP contribution in [0.5, 0.6) is 0 Å². The van der Waals surface area contributed by atoms with E-state index in [-0.39, 0.29) is 5.11 Å². The lowest BCUT2D eigenvalue weighted by atomic mass is 10.2. The zero-order valence-corrected chi connectivity index (χ0v) is 14.5. The van der Waals surface area contributed by atoms with Gasteiger partial charge in [0, 0.05) is 45.0 Å². The van der Waals surface area contributed by atoms with Gasteiger partial charge in [0.2, 0.25) is 0 Å². The van der Waals surface area contributed by atoms with Crippen LogP contribution in [0.25, 0.3) is 0 Å². The maximum Gasteiger partial charge on any atom is 0.299 e. The summed E-state index contributed by atoms with van der Waals surface area (Å²) in [4.78, 5) is 5.08. The summed E-state index contributed by atoms with van der Waals surface area (Å²) in [5, 5.41) is 0.000000000000000222. The highest BCUT2D eigenvalue weighted by Crippen LogP contribution is 2.06. The van der Waals surface area contributed by atoms with Crippen LogP contribution in [-0.2, 0) is 11.4 Å². The molecule has 0 radical (unpaired) electrons. The number of nitrogens with zero attached hydrogens (tertiary/aromatic N) is 2. The van der Waals surface area contributed by atoms with Gasteiger partial charge in [0.25, 0.3) is 11.4 Å². The molecule has 3 saturated heterocycles. The third-order valence-corrected chi connectivity index (χ3v) is 3.00. The molecular formula is C13H25N5O3S2. The standard InChI is InChI=1S/C6H12N2.C6H7N.CH4N2S.H2O3S/c1-2-8-5-3-7(1)4-6-8;7-6-4-2-1-3-5-6;2-1(3)4;1-4(2)3/h1-6H2;1-5H,7H2;(H4,2,3,4);(H2,1,2,3). The molecule has 0 aliphatic carbocycles. The topological polar surface area (TPSA) is 142 Å². The number of benzene rings is 1. The van der Waals surface area contributed by atoms with E-state index in [1.54, 1.807) is 0 Å². The molecule has 132 valence electrons. The van der Waals surface area contributed by atoms with Crippen LogP contribution in [0.2, 0.25) is 0 Å². The van der Waals surface area contributed by atoms with E-state index in [9.17, 15) is 0 Å². The number of thiocarbonyl (C=S) groups is 1. The fraction of sp³-hybridized carbons (Fsp3) is 0.462. The van der Waals surface area contributed by atoms with Crippen molar-refractivity contribution in [3.05, 3.63) is 30.3 Å². The van der Waals surface area contributed by atoms with E-state index in [0.29, 0.717) is 0 Å². The Kier molecular flexibility index (Phi) is 12.4. The monoisotopic (exact) mass is 363 g/mol. The third-order valence-electron chi connectivity index (χ3n) is 3.00. The third kappa shape index (κ3) is 15.4. The lowest BCUT2D eigenvalue weighted by molar-refractivity contribution is 0.0647. The maximum absolute atomic E-state index is 8.67. The Morgan fingerprint density at radius 3 is 1.35 bits per heavy atom. The van der Waals surface area contributed by atoms with E-state index in [4.69, 9.17) is 19.0 Å². The predicted molar refractivity (Wildman–Crippen MR) is 98.1 cm³/mol. The second kappa shape index (κ2) is 13.2. The van der Waals surface area contributed by atoms with E-state index in [2.05, 4.69) is 33.5 Å². The Labute approximate surface area is 144 Å². The molecule has 4 rings (SSSR count). The second-order valence-corrected chi connectivity index (χ2v) is 5.66. The summed E-state index contributed by atoms with van der Waals surface area (Å²) in [6, 6.07) is 9.49. The van der Waals surface area contributed by atoms with Crippen molar-refractivity contribution in [3.63, 3.8) is 0 Å². The molecule has 0 spiro atoms. The van der Waals surface area contributed by atoms with Crippen molar-refractivity contribution < 1.29 is 13.3 Å². The molecule has 23 heavy (non-hydrogen) atoms. The SMILES string of the molecule is C1CN2CCN1CC2.NC(N)=S.Nc1ccccc1.O=S(O)O. The number of hydrogen-bond acceptors (Lipinski definition) is 5. The molecule has 8 nitrogen and oxygen atoms in total. The molecule has 0 atom stereocenters. The van der Waals surface area contributed by atoms with Gasteiger partial charge in [-0.2, -0.15) is 4.21 Å². The predicted octanol–water partition coefficient (Wildman–Crippen LogP) is -0.244. The molecular weight excluding hydrogens is 338 g/mol. The summed E-state index contributed by atoms with van der Waals surface area (Å²) in [6.07, 6.45) is 0. The first-order chi connectivity index (χ1) is 10.8. The molecule has 8 N–H and O–H groups in total. The zero-order valence-electron chi connectivity index (χ0n) is 12.9. The largest absolute Gasteiger partial charge is 0.399 e. The van der Waals surface area contributed by atoms with Crippen molar-refractivity contribution in [1.29, 1.82) is 0 Å². The van der Waals surface area contributed by atoms with Gasteiger partial charge in [-0.3, -0.25) is 18.9 Å². The number of rotatable bonds is 0. The van der Waals surface area contributed by atoms with Crippen LogP contribution >= 0.6 is 12.2 Å². The summed E-state index contributed by atoms with van der Waals surface area (Å²) in [7, 11) is 0. The first-order valence-electron chi connectivity index (χ1n) is 6.91. The van der Waals surface area contributed by atoms with Crippen LogP contribution < -0.4 is 17.2 Å². The highest BCUT2D eigenvalue weighted by molar-refractivity contribution is 7.80. The Balaban J connectivity index is 0.000000298.